The van der Waals surface area contributed by atoms with Gasteiger partial charge in [0.15, 0.2) is 5.96 Å². The SMILES string of the molecule is CCNC(=NCCOc1cccc(NC(C)=O)c1)N(C)Cc1ccccc1OC. The predicted molar refractivity (Wildman–Crippen MR) is 117 cm³/mol. The van der Waals surface area contributed by atoms with Crippen LogP contribution in [0.5, 0.6) is 11.5 Å². The first kappa shape index (κ1) is 22.1. The van der Waals surface area contributed by atoms with Crippen LogP contribution in [0.3, 0.4) is 0 Å². The van der Waals surface area contributed by atoms with Crippen LogP contribution in [0.25, 0.3) is 0 Å². The van der Waals surface area contributed by atoms with Gasteiger partial charge in [0.05, 0.1) is 13.7 Å². The molecule has 0 radical (unpaired) electrons. The minimum absolute atomic E-state index is 0.111. The van der Waals surface area contributed by atoms with Crippen LogP contribution in [0.4, 0.5) is 5.69 Å². The van der Waals surface area contributed by atoms with Crippen LogP contribution >= 0.6 is 0 Å². The topological polar surface area (TPSA) is 75.2 Å². The second-order valence-corrected chi connectivity index (χ2v) is 6.46. The molecule has 0 fully saturated rings. The lowest BCUT2D eigenvalue weighted by Crippen LogP contribution is -2.38. The Balaban J connectivity index is 1.94. The number of guanidine groups is 1. The van der Waals surface area contributed by atoms with Crippen molar-refractivity contribution in [2.24, 2.45) is 4.99 Å². The monoisotopic (exact) mass is 398 g/mol. The van der Waals surface area contributed by atoms with E-state index in [1.54, 1.807) is 13.2 Å². The van der Waals surface area contributed by atoms with Crippen molar-refractivity contribution in [1.82, 2.24) is 10.2 Å². The molecule has 0 aromatic heterocycles. The lowest BCUT2D eigenvalue weighted by molar-refractivity contribution is -0.114. The van der Waals surface area contributed by atoms with Crippen LogP contribution in [0.1, 0.15) is 19.4 Å². The van der Waals surface area contributed by atoms with Gasteiger partial charge in [-0.2, -0.15) is 0 Å². The molecule has 0 saturated heterocycles. The minimum Gasteiger partial charge on any atom is -0.496 e. The fourth-order valence-corrected chi connectivity index (χ4v) is 2.82. The Morgan fingerprint density at radius 2 is 1.97 bits per heavy atom. The molecule has 0 saturated carbocycles. The minimum atomic E-state index is -0.111. The summed E-state index contributed by atoms with van der Waals surface area (Å²) >= 11 is 0. The average Bonchev–Trinajstić information content (AvgIpc) is 2.70. The molecular formula is C22H30N4O3. The second kappa shape index (κ2) is 11.6. The molecule has 0 atom stereocenters. The van der Waals surface area contributed by atoms with Gasteiger partial charge in [-0.3, -0.25) is 4.79 Å². The third kappa shape index (κ3) is 7.37. The van der Waals surface area contributed by atoms with E-state index >= 15 is 0 Å². The number of nitrogens with zero attached hydrogens (tertiary/aromatic N) is 2. The molecule has 2 N–H and O–H groups in total. The number of aliphatic imine (C=N–C) groups is 1. The molecule has 29 heavy (non-hydrogen) atoms. The molecule has 0 spiro atoms. The first-order valence-corrected chi connectivity index (χ1v) is 9.65. The molecule has 0 heterocycles. The number of benzene rings is 2. The van der Waals surface area contributed by atoms with Gasteiger partial charge in [0, 0.05) is 44.4 Å². The Morgan fingerprint density at radius 1 is 1.17 bits per heavy atom. The van der Waals surface area contributed by atoms with Gasteiger partial charge in [0.1, 0.15) is 18.1 Å². The average molecular weight is 399 g/mol. The third-order valence-electron chi connectivity index (χ3n) is 4.07. The van der Waals surface area contributed by atoms with E-state index in [0.29, 0.717) is 31.1 Å². The second-order valence-electron chi connectivity index (χ2n) is 6.46. The first-order chi connectivity index (χ1) is 14.0. The van der Waals surface area contributed by atoms with E-state index in [9.17, 15) is 4.79 Å². The Morgan fingerprint density at radius 3 is 2.69 bits per heavy atom. The number of carbonyl (C=O) groups excluding carboxylic acids is 1. The quantitative estimate of drug-likeness (QED) is 0.386. The van der Waals surface area contributed by atoms with Crippen molar-refractivity contribution in [3.05, 3.63) is 54.1 Å². The van der Waals surface area contributed by atoms with Crippen molar-refractivity contribution in [1.29, 1.82) is 0 Å². The summed E-state index contributed by atoms with van der Waals surface area (Å²) in [5.74, 6) is 2.24. The van der Waals surface area contributed by atoms with E-state index in [-0.39, 0.29) is 5.91 Å². The molecular weight excluding hydrogens is 368 g/mol. The zero-order valence-corrected chi connectivity index (χ0v) is 17.6. The fourth-order valence-electron chi connectivity index (χ4n) is 2.82. The molecule has 1 amide bonds. The van der Waals surface area contributed by atoms with Crippen LogP contribution in [-0.4, -0.2) is 50.6 Å². The van der Waals surface area contributed by atoms with Crippen molar-refractivity contribution in [2.75, 3.05) is 39.2 Å². The molecule has 0 bridgehead atoms. The molecule has 2 rings (SSSR count). The zero-order valence-electron chi connectivity index (χ0n) is 17.6. The maximum absolute atomic E-state index is 11.2. The van der Waals surface area contributed by atoms with Gasteiger partial charge in [-0.25, -0.2) is 4.99 Å². The van der Waals surface area contributed by atoms with Gasteiger partial charge < -0.3 is 25.0 Å². The number of hydrogen-bond acceptors (Lipinski definition) is 4. The van der Waals surface area contributed by atoms with Crippen LogP contribution in [0, 0.1) is 0 Å². The highest BCUT2D eigenvalue weighted by Crippen LogP contribution is 2.19. The van der Waals surface area contributed by atoms with E-state index in [2.05, 4.69) is 20.5 Å². The van der Waals surface area contributed by atoms with Crippen molar-refractivity contribution in [3.8, 4) is 11.5 Å². The van der Waals surface area contributed by atoms with Crippen molar-refractivity contribution < 1.29 is 14.3 Å². The molecule has 7 heteroatoms. The van der Waals surface area contributed by atoms with Crippen molar-refractivity contribution in [2.45, 2.75) is 20.4 Å². The highest BCUT2D eigenvalue weighted by Gasteiger charge is 2.09. The van der Waals surface area contributed by atoms with Crippen LogP contribution in [0.2, 0.25) is 0 Å². The largest absolute Gasteiger partial charge is 0.496 e. The number of nitrogens with one attached hydrogen (secondary N) is 2. The molecule has 0 aliphatic rings. The Bertz CT molecular complexity index is 823. The van der Waals surface area contributed by atoms with Crippen molar-refractivity contribution >= 4 is 17.6 Å². The summed E-state index contributed by atoms with van der Waals surface area (Å²) in [6, 6.07) is 15.3. The summed E-state index contributed by atoms with van der Waals surface area (Å²) in [6.45, 7) is 5.90. The zero-order chi connectivity index (χ0) is 21.1. The molecule has 7 nitrogen and oxygen atoms in total. The highest BCUT2D eigenvalue weighted by molar-refractivity contribution is 5.88. The maximum Gasteiger partial charge on any atom is 0.221 e. The number of rotatable bonds is 9. The van der Waals surface area contributed by atoms with Crippen molar-refractivity contribution in [3.63, 3.8) is 0 Å². The number of anilines is 1. The molecule has 156 valence electrons. The van der Waals surface area contributed by atoms with Crippen LogP contribution in [-0.2, 0) is 11.3 Å². The number of ether oxygens (including phenoxy) is 2. The van der Waals surface area contributed by atoms with Gasteiger partial charge in [-0.15, -0.1) is 0 Å². The number of methoxy groups -OCH3 is 1. The molecule has 2 aromatic rings. The Labute approximate surface area is 172 Å². The molecule has 0 aliphatic heterocycles. The normalized spacial score (nSPS) is 11.0. The summed E-state index contributed by atoms with van der Waals surface area (Å²) in [4.78, 5) is 17.9. The summed E-state index contributed by atoms with van der Waals surface area (Å²) in [6.07, 6.45) is 0. The summed E-state index contributed by atoms with van der Waals surface area (Å²) in [7, 11) is 3.67. The van der Waals surface area contributed by atoms with Gasteiger partial charge >= 0.3 is 0 Å². The smallest absolute Gasteiger partial charge is 0.221 e. The predicted octanol–water partition coefficient (Wildman–Crippen LogP) is 3.13. The van der Waals surface area contributed by atoms with Gasteiger partial charge in [-0.05, 0) is 25.1 Å². The number of carbonyl (C=O) groups is 1. The number of hydrogen-bond donors (Lipinski definition) is 2. The van der Waals surface area contributed by atoms with Crippen LogP contribution in [0.15, 0.2) is 53.5 Å². The van der Waals surface area contributed by atoms with E-state index in [0.717, 1.165) is 23.8 Å². The van der Waals surface area contributed by atoms with E-state index < -0.39 is 0 Å². The van der Waals surface area contributed by atoms with Crippen LogP contribution < -0.4 is 20.1 Å². The summed E-state index contributed by atoms with van der Waals surface area (Å²) in [5.41, 5.74) is 1.80. The van der Waals surface area contributed by atoms with Gasteiger partial charge in [0.2, 0.25) is 5.91 Å². The molecule has 0 aliphatic carbocycles. The third-order valence-corrected chi connectivity index (χ3v) is 4.07. The molecule has 2 aromatic carbocycles. The number of amides is 1. The maximum atomic E-state index is 11.2. The Kier molecular flexibility index (Phi) is 8.82. The lowest BCUT2D eigenvalue weighted by atomic mass is 10.2. The Hall–Kier alpha value is -3.22. The van der Waals surface area contributed by atoms with E-state index in [4.69, 9.17) is 9.47 Å². The van der Waals surface area contributed by atoms with Gasteiger partial charge in [0.25, 0.3) is 0 Å². The summed E-state index contributed by atoms with van der Waals surface area (Å²) < 4.78 is 11.2. The standard InChI is InChI=1S/C22H30N4O3/c1-5-23-22(26(3)16-18-9-6-7-12-21(18)28-4)24-13-14-29-20-11-8-10-19(15-20)25-17(2)27/h6-12,15H,5,13-14,16H2,1-4H3,(H,23,24)(H,25,27). The van der Waals surface area contributed by atoms with E-state index in [1.165, 1.54) is 6.92 Å². The van der Waals surface area contributed by atoms with Gasteiger partial charge in [-0.1, -0.05) is 24.3 Å². The number of para-hydroxylation sites is 1. The van der Waals surface area contributed by atoms with E-state index in [1.807, 2.05) is 56.4 Å². The summed E-state index contributed by atoms with van der Waals surface area (Å²) in [5, 5.41) is 6.05. The highest BCUT2D eigenvalue weighted by atomic mass is 16.5. The lowest BCUT2D eigenvalue weighted by Gasteiger charge is -2.23. The molecule has 0 unspecified atom stereocenters. The first-order valence-electron chi connectivity index (χ1n) is 9.65. The fraction of sp³-hybridized carbons (Fsp3) is 0.364.